The lowest BCUT2D eigenvalue weighted by atomic mass is 9.86. The van der Waals surface area contributed by atoms with Gasteiger partial charge in [-0.05, 0) is 44.4 Å². The molecule has 4 heteroatoms. The molecule has 110 valence electrons. The van der Waals surface area contributed by atoms with Crippen molar-refractivity contribution in [2.45, 2.75) is 70.5 Å². The summed E-state index contributed by atoms with van der Waals surface area (Å²) in [7, 11) is 0. The largest absolute Gasteiger partial charge is 0.349 e. The molecular formula is C15H29N3O. The van der Waals surface area contributed by atoms with Crippen molar-refractivity contribution in [2.75, 3.05) is 6.54 Å². The van der Waals surface area contributed by atoms with E-state index in [2.05, 4.69) is 24.5 Å². The zero-order chi connectivity index (χ0) is 14.0. The molecule has 0 aromatic heterocycles. The average molecular weight is 267 g/mol. The second-order valence-electron chi connectivity index (χ2n) is 7.00. The molecule has 2 aliphatic heterocycles. The van der Waals surface area contributed by atoms with Crippen LogP contribution in [-0.4, -0.2) is 30.1 Å². The predicted molar refractivity (Wildman–Crippen MR) is 77.7 cm³/mol. The van der Waals surface area contributed by atoms with Gasteiger partial charge in [-0.1, -0.05) is 13.8 Å². The highest BCUT2D eigenvalue weighted by molar-refractivity contribution is 5.77. The monoisotopic (exact) mass is 267 g/mol. The van der Waals surface area contributed by atoms with Gasteiger partial charge in [0.05, 0.1) is 5.54 Å². The third-order valence-electron chi connectivity index (χ3n) is 5.17. The van der Waals surface area contributed by atoms with Crippen molar-refractivity contribution in [1.82, 2.24) is 10.6 Å². The smallest absolute Gasteiger partial charge is 0.220 e. The van der Waals surface area contributed by atoms with E-state index < -0.39 is 0 Å². The summed E-state index contributed by atoms with van der Waals surface area (Å²) in [6.07, 6.45) is 5.55. The van der Waals surface area contributed by atoms with Crippen molar-refractivity contribution in [3.63, 3.8) is 0 Å². The van der Waals surface area contributed by atoms with Crippen LogP contribution in [0.4, 0.5) is 0 Å². The van der Waals surface area contributed by atoms with E-state index in [-0.39, 0.29) is 11.4 Å². The van der Waals surface area contributed by atoms with Crippen LogP contribution >= 0.6 is 0 Å². The van der Waals surface area contributed by atoms with Gasteiger partial charge in [0.15, 0.2) is 0 Å². The van der Waals surface area contributed by atoms with Crippen molar-refractivity contribution in [2.24, 2.45) is 17.6 Å². The molecule has 19 heavy (non-hydrogen) atoms. The molecule has 0 radical (unpaired) electrons. The highest BCUT2D eigenvalue weighted by Gasteiger charge is 2.35. The van der Waals surface area contributed by atoms with E-state index in [0.717, 1.165) is 12.8 Å². The van der Waals surface area contributed by atoms with Gasteiger partial charge in [0.1, 0.15) is 0 Å². The molecule has 2 rings (SSSR count). The van der Waals surface area contributed by atoms with Crippen LogP contribution in [0.15, 0.2) is 0 Å². The number of hydrogen-bond acceptors (Lipinski definition) is 3. The Balaban J connectivity index is 1.84. The van der Waals surface area contributed by atoms with Crippen molar-refractivity contribution < 1.29 is 4.79 Å². The van der Waals surface area contributed by atoms with E-state index in [1.807, 2.05) is 6.92 Å². The molecule has 0 aliphatic carbocycles. The van der Waals surface area contributed by atoms with E-state index in [1.54, 1.807) is 0 Å². The Morgan fingerprint density at radius 1 is 1.37 bits per heavy atom. The standard InChI is InChI=1S/C15H29N3O/c1-10(2)15(3,9-16)18-14(19)8-11-6-12-4-5-13(7-11)17-12/h10-13,17H,4-9,16H2,1-3H3,(H,18,19). The summed E-state index contributed by atoms with van der Waals surface area (Å²) in [6.45, 7) is 6.76. The van der Waals surface area contributed by atoms with Gasteiger partial charge in [0, 0.05) is 25.0 Å². The maximum Gasteiger partial charge on any atom is 0.220 e. The topological polar surface area (TPSA) is 67.1 Å². The van der Waals surface area contributed by atoms with Gasteiger partial charge in [0.25, 0.3) is 0 Å². The van der Waals surface area contributed by atoms with Crippen LogP contribution in [0.5, 0.6) is 0 Å². The van der Waals surface area contributed by atoms with Crippen molar-refractivity contribution in [1.29, 1.82) is 0 Å². The van der Waals surface area contributed by atoms with Crippen molar-refractivity contribution in [3.05, 3.63) is 0 Å². The van der Waals surface area contributed by atoms with Crippen molar-refractivity contribution >= 4 is 5.91 Å². The molecule has 1 amide bonds. The fourth-order valence-electron chi connectivity index (χ4n) is 3.40. The fraction of sp³-hybridized carbons (Fsp3) is 0.933. The first kappa shape index (κ1) is 14.8. The maximum atomic E-state index is 12.2. The first-order valence-corrected chi connectivity index (χ1v) is 7.70. The summed E-state index contributed by atoms with van der Waals surface area (Å²) in [6, 6.07) is 1.31. The number of nitrogens with two attached hydrogens (primary N) is 1. The Bertz CT molecular complexity index is 319. The summed E-state index contributed by atoms with van der Waals surface area (Å²) in [5.74, 6) is 1.08. The van der Waals surface area contributed by atoms with Crippen LogP contribution in [0.2, 0.25) is 0 Å². The summed E-state index contributed by atoms with van der Waals surface area (Å²) >= 11 is 0. The molecule has 3 atom stereocenters. The number of fused-ring (bicyclic) bond motifs is 2. The zero-order valence-electron chi connectivity index (χ0n) is 12.5. The van der Waals surface area contributed by atoms with E-state index in [0.29, 0.717) is 36.9 Å². The van der Waals surface area contributed by atoms with Crippen LogP contribution in [0, 0.1) is 11.8 Å². The van der Waals surface area contributed by atoms with Gasteiger partial charge in [-0.2, -0.15) is 0 Å². The Hall–Kier alpha value is -0.610. The maximum absolute atomic E-state index is 12.2. The SMILES string of the molecule is CC(C)C(C)(CN)NC(=O)CC1CC2CCC(C1)N2. The second-order valence-corrected chi connectivity index (χ2v) is 7.00. The molecule has 2 saturated heterocycles. The first-order valence-electron chi connectivity index (χ1n) is 7.70. The zero-order valence-corrected chi connectivity index (χ0v) is 12.5. The van der Waals surface area contributed by atoms with E-state index in [9.17, 15) is 4.79 Å². The predicted octanol–water partition coefficient (Wildman–Crippen LogP) is 1.40. The van der Waals surface area contributed by atoms with Crippen LogP contribution in [0.3, 0.4) is 0 Å². The van der Waals surface area contributed by atoms with Crippen LogP contribution in [0.1, 0.15) is 52.9 Å². The van der Waals surface area contributed by atoms with Gasteiger partial charge < -0.3 is 16.4 Å². The van der Waals surface area contributed by atoms with Crippen molar-refractivity contribution in [3.8, 4) is 0 Å². The number of amides is 1. The van der Waals surface area contributed by atoms with Gasteiger partial charge in [-0.3, -0.25) is 4.79 Å². The highest BCUT2D eigenvalue weighted by Crippen LogP contribution is 2.32. The molecule has 4 N–H and O–H groups in total. The number of rotatable bonds is 5. The van der Waals surface area contributed by atoms with Gasteiger partial charge in [-0.25, -0.2) is 0 Å². The quantitative estimate of drug-likeness (QED) is 0.705. The lowest BCUT2D eigenvalue weighted by molar-refractivity contribution is -0.124. The Morgan fingerprint density at radius 3 is 2.42 bits per heavy atom. The lowest BCUT2D eigenvalue weighted by Gasteiger charge is -2.35. The molecular weight excluding hydrogens is 238 g/mol. The van der Waals surface area contributed by atoms with Gasteiger partial charge >= 0.3 is 0 Å². The van der Waals surface area contributed by atoms with E-state index in [1.165, 1.54) is 12.8 Å². The molecule has 2 heterocycles. The third-order valence-corrected chi connectivity index (χ3v) is 5.17. The minimum absolute atomic E-state index is 0.174. The number of carbonyl (C=O) groups is 1. The fourth-order valence-corrected chi connectivity index (χ4v) is 3.40. The van der Waals surface area contributed by atoms with Crippen LogP contribution in [-0.2, 0) is 4.79 Å². The molecule has 0 saturated carbocycles. The molecule has 0 spiro atoms. The van der Waals surface area contributed by atoms with E-state index >= 15 is 0 Å². The Morgan fingerprint density at radius 2 is 1.95 bits per heavy atom. The summed E-state index contributed by atoms with van der Waals surface area (Å²) in [5, 5.41) is 6.77. The van der Waals surface area contributed by atoms with E-state index in [4.69, 9.17) is 5.73 Å². The highest BCUT2D eigenvalue weighted by atomic mass is 16.1. The first-order chi connectivity index (χ1) is 8.93. The molecule has 2 fully saturated rings. The van der Waals surface area contributed by atoms with Gasteiger partial charge in [-0.15, -0.1) is 0 Å². The normalized spacial score (nSPS) is 33.2. The summed E-state index contributed by atoms with van der Waals surface area (Å²) in [4.78, 5) is 12.2. The number of hydrogen-bond donors (Lipinski definition) is 3. The number of piperidine rings is 1. The Kier molecular flexibility index (Phi) is 4.51. The third kappa shape index (κ3) is 3.48. The molecule has 2 bridgehead atoms. The molecule has 3 unspecified atom stereocenters. The molecule has 4 nitrogen and oxygen atoms in total. The summed E-state index contributed by atoms with van der Waals surface area (Å²) in [5.41, 5.74) is 5.54. The molecule has 2 aliphatic rings. The minimum Gasteiger partial charge on any atom is -0.349 e. The average Bonchev–Trinajstić information content (AvgIpc) is 2.68. The van der Waals surface area contributed by atoms with Gasteiger partial charge in [0.2, 0.25) is 5.91 Å². The van der Waals surface area contributed by atoms with Crippen LogP contribution in [0.25, 0.3) is 0 Å². The number of nitrogens with one attached hydrogen (secondary N) is 2. The Labute approximate surface area is 116 Å². The summed E-state index contributed by atoms with van der Waals surface area (Å²) < 4.78 is 0. The minimum atomic E-state index is -0.275. The molecule has 0 aromatic carbocycles. The second kappa shape index (κ2) is 5.80. The molecule has 0 aromatic rings. The number of carbonyl (C=O) groups excluding carboxylic acids is 1. The van der Waals surface area contributed by atoms with Crippen LogP contribution < -0.4 is 16.4 Å². The lowest BCUT2D eigenvalue weighted by Crippen LogP contribution is -2.55.